The molecule has 2 rings (SSSR count). The molecule has 4 nitrogen and oxygen atoms in total. The van der Waals surface area contributed by atoms with Crippen LogP contribution in [0.3, 0.4) is 0 Å². The second-order valence-corrected chi connectivity index (χ2v) is 7.59. The van der Waals surface area contributed by atoms with Crippen LogP contribution in [-0.2, 0) is 21.1 Å². The minimum Gasteiger partial charge on any atom is -0.497 e. The van der Waals surface area contributed by atoms with Crippen LogP contribution in [0.2, 0.25) is 0 Å². The smallest absolute Gasteiger partial charge is 0.150 e. The highest BCUT2D eigenvalue weighted by Crippen LogP contribution is 2.22. The summed E-state index contributed by atoms with van der Waals surface area (Å²) in [6.45, 7) is 0. The van der Waals surface area contributed by atoms with Crippen molar-refractivity contribution < 1.29 is 17.9 Å². The average molecular weight is 296 g/mol. The van der Waals surface area contributed by atoms with E-state index in [4.69, 9.17) is 4.74 Å². The van der Waals surface area contributed by atoms with Crippen molar-refractivity contribution in [2.45, 2.75) is 25.7 Å². The number of hydrogen-bond acceptors (Lipinski definition) is 4. The number of aryl methyl sites for hydroxylation is 1. The van der Waals surface area contributed by atoms with Crippen LogP contribution in [0, 0.1) is 5.92 Å². The number of methoxy groups -OCH3 is 1. The number of carbonyl (C=O) groups is 1. The fourth-order valence-corrected chi connectivity index (χ4v) is 4.39. The van der Waals surface area contributed by atoms with Gasteiger partial charge in [-0.15, -0.1) is 0 Å². The number of Topliss-reactive ketones (excluding diaryl/α,β-unsaturated/α-hetero) is 1. The molecular weight excluding hydrogens is 276 g/mol. The van der Waals surface area contributed by atoms with E-state index in [2.05, 4.69) is 0 Å². The average Bonchev–Trinajstić information content (AvgIpc) is 2.76. The van der Waals surface area contributed by atoms with Crippen molar-refractivity contribution >= 4 is 15.6 Å². The van der Waals surface area contributed by atoms with E-state index in [0.29, 0.717) is 25.7 Å². The first-order valence-electron chi connectivity index (χ1n) is 6.83. The molecule has 1 fully saturated rings. The normalized spacial score (nSPS) is 20.8. The minimum absolute atomic E-state index is 0.0309. The van der Waals surface area contributed by atoms with E-state index in [1.165, 1.54) is 0 Å². The van der Waals surface area contributed by atoms with E-state index in [0.717, 1.165) is 11.3 Å². The van der Waals surface area contributed by atoms with Crippen LogP contribution in [0.4, 0.5) is 0 Å². The summed E-state index contributed by atoms with van der Waals surface area (Å²) in [5.74, 6) is 1.41. The molecule has 1 unspecified atom stereocenters. The second-order valence-electron chi connectivity index (χ2n) is 5.36. The zero-order valence-corrected chi connectivity index (χ0v) is 12.5. The predicted molar refractivity (Wildman–Crippen MR) is 77.7 cm³/mol. The Morgan fingerprint density at radius 3 is 2.55 bits per heavy atom. The van der Waals surface area contributed by atoms with Gasteiger partial charge in [0, 0.05) is 12.8 Å². The molecule has 20 heavy (non-hydrogen) atoms. The number of sulfone groups is 1. The lowest BCUT2D eigenvalue weighted by molar-refractivity contribution is -0.119. The first-order chi connectivity index (χ1) is 9.48. The Morgan fingerprint density at radius 1 is 1.30 bits per heavy atom. The maximum atomic E-state index is 11.9. The Kier molecular flexibility index (Phi) is 4.81. The molecule has 0 aromatic heterocycles. The molecule has 0 amide bonds. The van der Waals surface area contributed by atoms with Crippen LogP contribution in [-0.4, -0.2) is 32.8 Å². The molecule has 0 N–H and O–H groups in total. The van der Waals surface area contributed by atoms with E-state index < -0.39 is 9.84 Å². The van der Waals surface area contributed by atoms with Gasteiger partial charge in [-0.25, -0.2) is 8.42 Å². The van der Waals surface area contributed by atoms with Gasteiger partial charge in [0.2, 0.25) is 0 Å². The van der Waals surface area contributed by atoms with E-state index in [1.807, 2.05) is 24.3 Å². The van der Waals surface area contributed by atoms with Crippen molar-refractivity contribution in [2.24, 2.45) is 5.92 Å². The predicted octanol–water partition coefficient (Wildman–Crippen LogP) is 2.02. The highest BCUT2D eigenvalue weighted by Gasteiger charge is 2.29. The maximum Gasteiger partial charge on any atom is 0.150 e. The molecule has 1 aliphatic rings. The molecule has 1 atom stereocenters. The molecule has 0 saturated carbocycles. The first-order valence-corrected chi connectivity index (χ1v) is 8.66. The highest BCUT2D eigenvalue weighted by molar-refractivity contribution is 7.91. The van der Waals surface area contributed by atoms with Crippen molar-refractivity contribution in [3.8, 4) is 5.75 Å². The van der Waals surface area contributed by atoms with Crippen LogP contribution < -0.4 is 4.74 Å². The third-order valence-corrected chi connectivity index (χ3v) is 5.53. The van der Waals surface area contributed by atoms with E-state index in [-0.39, 0.29) is 23.2 Å². The molecule has 1 aliphatic heterocycles. The molecule has 110 valence electrons. The highest BCUT2D eigenvalue weighted by atomic mass is 32.2. The maximum absolute atomic E-state index is 11.9. The van der Waals surface area contributed by atoms with Crippen LogP contribution in [0.15, 0.2) is 24.3 Å². The second kappa shape index (κ2) is 6.39. The van der Waals surface area contributed by atoms with Crippen molar-refractivity contribution in [2.75, 3.05) is 18.6 Å². The number of hydrogen-bond donors (Lipinski definition) is 0. The van der Waals surface area contributed by atoms with Gasteiger partial charge in [0.1, 0.15) is 11.5 Å². The molecule has 0 radical (unpaired) electrons. The van der Waals surface area contributed by atoms with Gasteiger partial charge in [-0.05, 0) is 36.5 Å². The van der Waals surface area contributed by atoms with Crippen molar-refractivity contribution in [3.05, 3.63) is 29.8 Å². The molecule has 1 heterocycles. The summed E-state index contributed by atoms with van der Waals surface area (Å²) in [6, 6.07) is 7.66. The number of ketones is 1. The summed E-state index contributed by atoms with van der Waals surface area (Å²) in [5.41, 5.74) is 1.10. The Balaban J connectivity index is 1.77. The molecule has 1 aromatic carbocycles. The van der Waals surface area contributed by atoms with Gasteiger partial charge in [0.15, 0.2) is 9.84 Å². The minimum atomic E-state index is -2.88. The fraction of sp³-hybridized carbons (Fsp3) is 0.533. The number of ether oxygens (including phenoxy) is 1. The lowest BCUT2D eigenvalue weighted by Crippen LogP contribution is -2.11. The van der Waals surface area contributed by atoms with Gasteiger partial charge < -0.3 is 4.74 Å². The summed E-state index contributed by atoms with van der Waals surface area (Å²) in [6.07, 6.45) is 2.21. The van der Waals surface area contributed by atoms with Crippen LogP contribution >= 0.6 is 0 Å². The van der Waals surface area contributed by atoms with E-state index in [1.54, 1.807) is 7.11 Å². The summed E-state index contributed by atoms with van der Waals surface area (Å²) in [4.78, 5) is 11.9. The number of rotatable bonds is 6. The van der Waals surface area contributed by atoms with Crippen LogP contribution in [0.1, 0.15) is 24.8 Å². The van der Waals surface area contributed by atoms with Crippen molar-refractivity contribution in [1.29, 1.82) is 0 Å². The Hall–Kier alpha value is -1.36. The van der Waals surface area contributed by atoms with Gasteiger partial charge in [-0.1, -0.05) is 12.1 Å². The summed E-state index contributed by atoms with van der Waals surface area (Å²) in [5, 5.41) is 0. The molecule has 5 heteroatoms. The lowest BCUT2D eigenvalue weighted by atomic mass is 9.98. The van der Waals surface area contributed by atoms with Gasteiger partial charge in [0.25, 0.3) is 0 Å². The van der Waals surface area contributed by atoms with Crippen LogP contribution in [0.5, 0.6) is 5.75 Å². The summed E-state index contributed by atoms with van der Waals surface area (Å²) < 4.78 is 27.8. The third kappa shape index (κ3) is 4.34. The zero-order valence-electron chi connectivity index (χ0n) is 11.7. The largest absolute Gasteiger partial charge is 0.497 e. The van der Waals surface area contributed by atoms with E-state index >= 15 is 0 Å². The molecule has 1 saturated heterocycles. The summed E-state index contributed by atoms with van der Waals surface area (Å²) >= 11 is 0. The van der Waals surface area contributed by atoms with Gasteiger partial charge in [0.05, 0.1) is 18.6 Å². The molecule has 0 spiro atoms. The molecular formula is C15H20O4S. The quantitative estimate of drug-likeness (QED) is 0.806. The fourth-order valence-electron chi connectivity index (χ4n) is 2.53. The lowest BCUT2D eigenvalue weighted by Gasteiger charge is -2.07. The topological polar surface area (TPSA) is 60.4 Å². The van der Waals surface area contributed by atoms with Crippen molar-refractivity contribution in [1.82, 2.24) is 0 Å². The van der Waals surface area contributed by atoms with Gasteiger partial charge in [-0.2, -0.15) is 0 Å². The monoisotopic (exact) mass is 296 g/mol. The third-order valence-electron chi connectivity index (χ3n) is 3.69. The SMILES string of the molecule is COc1ccc(CCC(=O)CC2CCS(=O)(=O)C2)cc1. The Labute approximate surface area is 120 Å². The van der Waals surface area contributed by atoms with Crippen molar-refractivity contribution in [3.63, 3.8) is 0 Å². The molecule has 0 bridgehead atoms. The molecule has 1 aromatic rings. The Bertz CT molecular complexity index is 560. The first kappa shape index (κ1) is 15.0. The van der Waals surface area contributed by atoms with Gasteiger partial charge in [-0.3, -0.25) is 4.79 Å². The standard InChI is InChI=1S/C15H20O4S/c1-19-15-6-3-12(4-7-15)2-5-14(16)10-13-8-9-20(17,18)11-13/h3-4,6-7,13H,2,5,8-11H2,1H3. The van der Waals surface area contributed by atoms with E-state index in [9.17, 15) is 13.2 Å². The van der Waals surface area contributed by atoms with Gasteiger partial charge >= 0.3 is 0 Å². The Morgan fingerprint density at radius 2 is 2.00 bits per heavy atom. The number of carbonyl (C=O) groups excluding carboxylic acids is 1. The summed E-state index contributed by atoms with van der Waals surface area (Å²) in [7, 11) is -1.26. The zero-order chi connectivity index (χ0) is 14.6. The van der Waals surface area contributed by atoms with Crippen LogP contribution in [0.25, 0.3) is 0 Å². The molecule has 0 aliphatic carbocycles. The number of benzene rings is 1.